The number of aliphatic imine (C=N–C) groups is 1. The number of hydrogen-bond acceptors (Lipinski definition) is 7. The molecule has 2 rings (SSSR count). The van der Waals surface area contributed by atoms with Gasteiger partial charge in [0.2, 0.25) is 0 Å². The predicted molar refractivity (Wildman–Crippen MR) is 118 cm³/mol. The zero-order valence-electron chi connectivity index (χ0n) is 17.1. The summed E-state index contributed by atoms with van der Waals surface area (Å²) >= 11 is 2.79. The molecule has 0 bridgehead atoms. The van der Waals surface area contributed by atoms with Crippen molar-refractivity contribution in [3.05, 3.63) is 48.0 Å². The molecule has 3 amide bonds. The summed E-state index contributed by atoms with van der Waals surface area (Å²) in [7, 11) is 2.93. The van der Waals surface area contributed by atoms with Crippen LogP contribution in [0.1, 0.15) is 18.5 Å². The Labute approximate surface area is 179 Å². The minimum Gasteiger partial charge on any atom is -0.466 e. The fraction of sp³-hybridized carbons (Fsp3) is 0.400. The third-order valence-electron chi connectivity index (χ3n) is 4.69. The Hall–Kier alpha value is -2.26. The predicted octanol–water partition coefficient (Wildman–Crippen LogP) is 3.19. The average molecular weight is 436 g/mol. The van der Waals surface area contributed by atoms with E-state index in [1.807, 2.05) is 49.8 Å². The standard InChI is InChI=1S/C20H25N3O4S2/c1-13-17(14-9-7-6-8-10-14)23(20(26)22(13)2)18(25)15(11-12-16(24)27-3)21-19(28-4)29-5/h6-13,15,17H,1-5H3/b12-11+/t13-,15-,17-/m0/s1. The molecule has 0 spiro atoms. The molecule has 7 nitrogen and oxygen atoms in total. The minimum absolute atomic E-state index is 0.205. The van der Waals surface area contributed by atoms with E-state index in [4.69, 9.17) is 0 Å². The van der Waals surface area contributed by atoms with Gasteiger partial charge in [0, 0.05) is 13.1 Å². The highest BCUT2D eigenvalue weighted by molar-refractivity contribution is 8.38. The first kappa shape index (κ1) is 23.0. The first-order valence-corrected chi connectivity index (χ1v) is 11.4. The van der Waals surface area contributed by atoms with E-state index in [9.17, 15) is 14.4 Å². The van der Waals surface area contributed by atoms with Gasteiger partial charge in [-0.2, -0.15) is 0 Å². The van der Waals surface area contributed by atoms with Crippen molar-refractivity contribution >= 4 is 45.8 Å². The highest BCUT2D eigenvalue weighted by Crippen LogP contribution is 2.35. The largest absolute Gasteiger partial charge is 0.466 e. The number of benzene rings is 1. The van der Waals surface area contributed by atoms with Crippen molar-refractivity contribution in [2.45, 2.75) is 25.0 Å². The lowest BCUT2D eigenvalue weighted by molar-refractivity contribution is -0.134. The maximum atomic E-state index is 13.4. The van der Waals surface area contributed by atoms with Gasteiger partial charge in [0.1, 0.15) is 10.4 Å². The first-order chi connectivity index (χ1) is 13.8. The molecule has 1 heterocycles. The monoisotopic (exact) mass is 435 g/mol. The number of rotatable bonds is 5. The number of thioether (sulfide) groups is 2. The topological polar surface area (TPSA) is 79.3 Å². The molecule has 3 atom stereocenters. The molecule has 0 aliphatic carbocycles. The Kier molecular flexibility index (Phi) is 8.33. The van der Waals surface area contributed by atoms with Gasteiger partial charge in [0.15, 0.2) is 0 Å². The molecular weight excluding hydrogens is 410 g/mol. The highest BCUT2D eigenvalue weighted by atomic mass is 32.2. The van der Waals surface area contributed by atoms with Crippen molar-refractivity contribution in [2.24, 2.45) is 4.99 Å². The molecule has 1 aromatic carbocycles. The Balaban J connectivity index is 2.48. The lowest BCUT2D eigenvalue weighted by Gasteiger charge is -2.25. The van der Waals surface area contributed by atoms with E-state index in [1.54, 1.807) is 11.9 Å². The van der Waals surface area contributed by atoms with E-state index in [0.717, 1.165) is 11.6 Å². The van der Waals surface area contributed by atoms with E-state index >= 15 is 0 Å². The van der Waals surface area contributed by atoms with Crippen LogP contribution >= 0.6 is 23.5 Å². The summed E-state index contributed by atoms with van der Waals surface area (Å²) in [6.07, 6.45) is 6.24. The van der Waals surface area contributed by atoms with Crippen LogP contribution in [0.5, 0.6) is 0 Å². The molecule has 0 N–H and O–H groups in total. The van der Waals surface area contributed by atoms with Crippen LogP contribution in [-0.2, 0) is 14.3 Å². The number of hydrogen-bond donors (Lipinski definition) is 0. The van der Waals surface area contributed by atoms with Gasteiger partial charge in [-0.05, 0) is 31.1 Å². The summed E-state index contributed by atoms with van der Waals surface area (Å²) in [5.41, 5.74) is 0.862. The summed E-state index contributed by atoms with van der Waals surface area (Å²) < 4.78 is 5.29. The maximum absolute atomic E-state index is 13.4. The molecule has 9 heteroatoms. The number of imide groups is 1. The summed E-state index contributed by atoms with van der Waals surface area (Å²) in [6, 6.07) is 7.37. The van der Waals surface area contributed by atoms with Gasteiger partial charge >= 0.3 is 12.0 Å². The van der Waals surface area contributed by atoms with E-state index in [0.29, 0.717) is 4.38 Å². The average Bonchev–Trinajstić information content (AvgIpc) is 2.97. The van der Waals surface area contributed by atoms with E-state index in [-0.39, 0.29) is 6.04 Å². The third kappa shape index (κ3) is 5.22. The number of nitrogens with zero attached hydrogens (tertiary/aromatic N) is 3. The van der Waals surface area contributed by atoms with Crippen LogP contribution in [0.3, 0.4) is 0 Å². The number of urea groups is 1. The first-order valence-electron chi connectivity index (χ1n) is 8.92. The van der Waals surface area contributed by atoms with Crippen LogP contribution in [-0.4, -0.2) is 70.8 Å². The van der Waals surface area contributed by atoms with Crippen molar-refractivity contribution < 1.29 is 19.1 Å². The van der Waals surface area contributed by atoms with Gasteiger partial charge in [0.25, 0.3) is 5.91 Å². The van der Waals surface area contributed by atoms with Crippen LogP contribution in [0.15, 0.2) is 47.5 Å². The Morgan fingerprint density at radius 2 is 1.83 bits per heavy atom. The molecule has 1 aliphatic heterocycles. The zero-order chi connectivity index (χ0) is 21.6. The quantitative estimate of drug-likeness (QED) is 0.306. The highest BCUT2D eigenvalue weighted by Gasteiger charge is 2.47. The van der Waals surface area contributed by atoms with E-state index in [2.05, 4.69) is 9.73 Å². The van der Waals surface area contributed by atoms with Crippen LogP contribution in [0.2, 0.25) is 0 Å². The van der Waals surface area contributed by atoms with Crippen molar-refractivity contribution in [3.63, 3.8) is 0 Å². The van der Waals surface area contributed by atoms with Crippen molar-refractivity contribution in [1.82, 2.24) is 9.80 Å². The van der Waals surface area contributed by atoms with Gasteiger partial charge in [0.05, 0.1) is 19.2 Å². The number of ether oxygens (including phenoxy) is 1. The Bertz CT molecular complexity index is 807. The molecule has 0 aromatic heterocycles. The van der Waals surface area contributed by atoms with Crippen LogP contribution in [0.4, 0.5) is 4.79 Å². The second-order valence-corrected chi connectivity index (χ2v) is 8.18. The third-order valence-corrected chi connectivity index (χ3v) is 6.60. The lowest BCUT2D eigenvalue weighted by Crippen LogP contribution is -2.41. The smallest absolute Gasteiger partial charge is 0.330 e. The van der Waals surface area contributed by atoms with Crippen LogP contribution < -0.4 is 0 Å². The molecule has 0 unspecified atom stereocenters. The maximum Gasteiger partial charge on any atom is 0.330 e. The summed E-state index contributed by atoms with van der Waals surface area (Å²) in [5.74, 6) is -1.08. The van der Waals surface area contributed by atoms with Crippen molar-refractivity contribution in [3.8, 4) is 0 Å². The molecule has 0 radical (unpaired) electrons. The Morgan fingerprint density at radius 3 is 2.38 bits per heavy atom. The summed E-state index contributed by atoms with van der Waals surface area (Å²) in [6.45, 7) is 1.90. The van der Waals surface area contributed by atoms with Crippen LogP contribution in [0, 0.1) is 0 Å². The van der Waals surface area contributed by atoms with Gasteiger partial charge in [-0.3, -0.25) is 14.7 Å². The minimum atomic E-state index is -1.02. The number of esters is 1. The number of amides is 3. The van der Waals surface area contributed by atoms with Gasteiger partial charge in [-0.15, -0.1) is 23.5 Å². The van der Waals surface area contributed by atoms with E-state index in [1.165, 1.54) is 41.6 Å². The zero-order valence-corrected chi connectivity index (χ0v) is 18.7. The van der Waals surface area contributed by atoms with Gasteiger partial charge in [-0.25, -0.2) is 9.59 Å². The molecule has 1 aromatic rings. The molecule has 156 valence electrons. The Morgan fingerprint density at radius 1 is 1.21 bits per heavy atom. The number of methoxy groups -OCH3 is 1. The summed E-state index contributed by atoms with van der Waals surface area (Å²) in [4.78, 5) is 45.2. The fourth-order valence-electron chi connectivity index (χ4n) is 3.06. The summed E-state index contributed by atoms with van der Waals surface area (Å²) in [5, 5.41) is 0. The van der Waals surface area contributed by atoms with Gasteiger partial charge < -0.3 is 9.64 Å². The molecule has 0 saturated carbocycles. The normalized spacial score (nSPS) is 20.1. The lowest BCUT2D eigenvalue weighted by atomic mass is 10.00. The molecular formula is C20H25N3O4S2. The molecule has 1 fully saturated rings. The van der Waals surface area contributed by atoms with Crippen molar-refractivity contribution in [2.75, 3.05) is 26.7 Å². The number of likely N-dealkylation sites (N-methyl/N-ethyl adjacent to an activating group) is 1. The molecule has 1 aliphatic rings. The molecule has 1 saturated heterocycles. The molecule has 29 heavy (non-hydrogen) atoms. The van der Waals surface area contributed by atoms with E-state index < -0.39 is 30.0 Å². The van der Waals surface area contributed by atoms with Gasteiger partial charge in [-0.1, -0.05) is 30.3 Å². The number of carbonyl (C=O) groups is 3. The SMILES string of the molecule is COC(=O)/C=C/[C@H](N=C(SC)SC)C(=O)N1C(=O)N(C)[C@@H](C)[C@H]1c1ccccc1. The second kappa shape index (κ2) is 10.5. The van der Waals surface area contributed by atoms with Crippen molar-refractivity contribution in [1.29, 1.82) is 0 Å². The van der Waals surface area contributed by atoms with Crippen LogP contribution in [0.25, 0.3) is 0 Å². The second-order valence-electron chi connectivity index (χ2n) is 6.33. The number of carbonyl (C=O) groups excluding carboxylic acids is 3. The fourth-order valence-corrected chi connectivity index (χ4v) is 4.17.